The van der Waals surface area contributed by atoms with Crippen molar-refractivity contribution < 1.29 is 5.11 Å². The highest BCUT2D eigenvalue weighted by Crippen LogP contribution is 2.41. The van der Waals surface area contributed by atoms with Crippen LogP contribution >= 0.6 is 0 Å². The van der Waals surface area contributed by atoms with Gasteiger partial charge in [-0.15, -0.1) is 0 Å². The van der Waals surface area contributed by atoms with Gasteiger partial charge in [-0.1, -0.05) is 12.1 Å². The number of nitrogens with zero attached hydrogens (tertiary/aromatic N) is 1. The van der Waals surface area contributed by atoms with E-state index in [1.54, 1.807) is 6.07 Å². The van der Waals surface area contributed by atoms with Crippen molar-refractivity contribution in [1.82, 2.24) is 4.98 Å². The number of pyridine rings is 1. The lowest BCUT2D eigenvalue weighted by atomic mass is 9.97. The van der Waals surface area contributed by atoms with Gasteiger partial charge in [0, 0.05) is 66.5 Å². The van der Waals surface area contributed by atoms with Crippen LogP contribution in [0.2, 0.25) is 0 Å². The zero-order chi connectivity index (χ0) is 17.3. The molecule has 0 fully saturated rings. The molecule has 24 heavy (non-hydrogen) atoms. The van der Waals surface area contributed by atoms with Crippen LogP contribution in [0.3, 0.4) is 0 Å². The molecule has 1 aromatic heterocycles. The first-order valence-corrected chi connectivity index (χ1v) is 7.90. The summed E-state index contributed by atoms with van der Waals surface area (Å²) in [6, 6.07) is 11.7. The summed E-state index contributed by atoms with van der Waals surface area (Å²) < 4.78 is 0. The van der Waals surface area contributed by atoms with Gasteiger partial charge in [0.2, 0.25) is 0 Å². The summed E-state index contributed by atoms with van der Waals surface area (Å²) in [6.45, 7) is 1.89. The van der Waals surface area contributed by atoms with E-state index in [1.165, 1.54) is 0 Å². The van der Waals surface area contributed by atoms with Crippen LogP contribution < -0.4 is 16.0 Å². The fraction of sp³-hybridized carbons (Fsp3) is 0.211. The smallest absolute Gasteiger partial charge is 0.126 e. The molecule has 2 aromatic carbocycles. The molecule has 4 N–H and O–H groups in total. The molecule has 0 atom stereocenters. The van der Waals surface area contributed by atoms with Gasteiger partial charge in [-0.2, -0.15) is 0 Å². The zero-order valence-electron chi connectivity index (χ0n) is 14.4. The number of benzene rings is 2. The number of hydrogen-bond acceptors (Lipinski definition) is 5. The first-order valence-electron chi connectivity index (χ1n) is 7.90. The third kappa shape index (κ3) is 2.58. The van der Waals surface area contributed by atoms with Crippen LogP contribution in [0.5, 0.6) is 5.75 Å². The number of rotatable bonds is 4. The molecule has 0 saturated carbocycles. The summed E-state index contributed by atoms with van der Waals surface area (Å²) in [6.07, 6.45) is 0. The maximum atomic E-state index is 10.3. The molecule has 0 aliphatic rings. The number of aryl methyl sites for hydroxylation is 1. The van der Waals surface area contributed by atoms with Crippen LogP contribution in [0.15, 0.2) is 36.4 Å². The Morgan fingerprint density at radius 1 is 0.917 bits per heavy atom. The number of para-hydroxylation sites is 1. The number of anilines is 3. The highest BCUT2D eigenvalue weighted by molar-refractivity contribution is 6.04. The van der Waals surface area contributed by atoms with Crippen molar-refractivity contribution in [2.45, 2.75) is 6.92 Å². The molecule has 1 heterocycles. The normalized spacial score (nSPS) is 10.7. The van der Waals surface area contributed by atoms with Crippen molar-refractivity contribution in [3.05, 3.63) is 42.1 Å². The molecular formula is C19H22N4O. The van der Waals surface area contributed by atoms with E-state index in [4.69, 9.17) is 0 Å². The minimum absolute atomic E-state index is 0.253. The number of fused-ring (bicyclic) bond motifs is 1. The van der Waals surface area contributed by atoms with Crippen molar-refractivity contribution >= 4 is 28.0 Å². The molecule has 0 saturated heterocycles. The van der Waals surface area contributed by atoms with Gasteiger partial charge in [0.15, 0.2) is 0 Å². The molecule has 5 heteroatoms. The molecule has 3 aromatic rings. The zero-order valence-corrected chi connectivity index (χ0v) is 14.4. The van der Waals surface area contributed by atoms with E-state index in [0.717, 1.165) is 44.8 Å². The number of aromatic hydroxyl groups is 1. The third-order valence-electron chi connectivity index (χ3n) is 4.18. The summed E-state index contributed by atoms with van der Waals surface area (Å²) in [4.78, 5) is 4.68. The maximum Gasteiger partial charge on any atom is 0.126 e. The predicted octanol–water partition coefficient (Wildman–Crippen LogP) is 4.04. The molecule has 3 rings (SSSR count). The molecule has 0 aliphatic carbocycles. The highest BCUT2D eigenvalue weighted by Gasteiger charge is 2.16. The molecule has 0 unspecified atom stereocenters. The third-order valence-corrected chi connectivity index (χ3v) is 4.18. The second-order valence-corrected chi connectivity index (χ2v) is 5.68. The molecule has 0 aliphatic heterocycles. The fourth-order valence-electron chi connectivity index (χ4n) is 3.03. The maximum absolute atomic E-state index is 10.3. The SMILES string of the molecule is CNc1cc(NC)c(-c2cccc3c(O)cc(C)nc23)c(NC)c1. The lowest BCUT2D eigenvalue weighted by Crippen LogP contribution is -2.01. The van der Waals surface area contributed by atoms with E-state index in [2.05, 4.69) is 33.1 Å². The first kappa shape index (κ1) is 15.9. The summed E-state index contributed by atoms with van der Waals surface area (Å²) in [5.41, 5.74) is 6.57. The number of nitrogens with one attached hydrogen (secondary N) is 3. The minimum Gasteiger partial charge on any atom is -0.507 e. The van der Waals surface area contributed by atoms with Gasteiger partial charge in [-0.05, 0) is 25.1 Å². The first-order chi connectivity index (χ1) is 11.6. The summed E-state index contributed by atoms with van der Waals surface area (Å²) in [5, 5.41) is 20.7. The quantitative estimate of drug-likeness (QED) is 0.584. The minimum atomic E-state index is 0.253. The monoisotopic (exact) mass is 322 g/mol. The Hall–Kier alpha value is -2.95. The van der Waals surface area contributed by atoms with Crippen LogP contribution in [-0.4, -0.2) is 31.2 Å². The number of aromatic nitrogens is 1. The molecule has 0 bridgehead atoms. The summed E-state index contributed by atoms with van der Waals surface area (Å²) >= 11 is 0. The van der Waals surface area contributed by atoms with Gasteiger partial charge in [0.05, 0.1) is 5.52 Å². The van der Waals surface area contributed by atoms with Crippen molar-refractivity contribution in [3.63, 3.8) is 0 Å². The molecular weight excluding hydrogens is 300 g/mol. The average Bonchev–Trinajstić information content (AvgIpc) is 2.60. The van der Waals surface area contributed by atoms with Crippen molar-refractivity contribution in [1.29, 1.82) is 0 Å². The van der Waals surface area contributed by atoms with Gasteiger partial charge in [0.1, 0.15) is 5.75 Å². The van der Waals surface area contributed by atoms with Crippen molar-refractivity contribution in [2.24, 2.45) is 0 Å². The van der Waals surface area contributed by atoms with E-state index in [9.17, 15) is 5.11 Å². The molecule has 0 amide bonds. The molecule has 124 valence electrons. The fourth-order valence-corrected chi connectivity index (χ4v) is 3.03. The van der Waals surface area contributed by atoms with Crippen molar-refractivity contribution in [3.8, 4) is 16.9 Å². The Bertz CT molecular complexity index is 880. The van der Waals surface area contributed by atoms with Crippen LogP contribution in [0.4, 0.5) is 17.1 Å². The van der Waals surface area contributed by atoms with Crippen LogP contribution in [0.1, 0.15) is 5.69 Å². The summed E-state index contributed by atoms with van der Waals surface area (Å²) in [7, 11) is 5.70. The Morgan fingerprint density at radius 3 is 2.17 bits per heavy atom. The molecule has 0 radical (unpaired) electrons. The van der Waals surface area contributed by atoms with Gasteiger partial charge in [-0.25, -0.2) is 0 Å². The van der Waals surface area contributed by atoms with Gasteiger partial charge in [0.25, 0.3) is 0 Å². The number of hydrogen-bond donors (Lipinski definition) is 4. The van der Waals surface area contributed by atoms with E-state index >= 15 is 0 Å². The highest BCUT2D eigenvalue weighted by atomic mass is 16.3. The Labute approximate surface area is 141 Å². The van der Waals surface area contributed by atoms with E-state index in [1.807, 2.05) is 46.3 Å². The predicted molar refractivity (Wildman–Crippen MR) is 102 cm³/mol. The van der Waals surface area contributed by atoms with Gasteiger partial charge in [-0.3, -0.25) is 4.98 Å². The van der Waals surface area contributed by atoms with E-state index in [-0.39, 0.29) is 5.75 Å². The molecule has 5 nitrogen and oxygen atoms in total. The van der Waals surface area contributed by atoms with E-state index < -0.39 is 0 Å². The standard InChI is InChI=1S/C19H22N4O/c1-11-8-17(24)13-6-5-7-14(19(13)23-11)18-15(21-3)9-12(20-2)10-16(18)22-4/h5-10,20-22H,1-4H3,(H,23,24). The van der Waals surface area contributed by atoms with Crippen LogP contribution in [0.25, 0.3) is 22.0 Å². The Balaban J connectivity index is 2.39. The van der Waals surface area contributed by atoms with Gasteiger partial charge < -0.3 is 21.1 Å². The van der Waals surface area contributed by atoms with Crippen LogP contribution in [0, 0.1) is 6.92 Å². The van der Waals surface area contributed by atoms with E-state index in [0.29, 0.717) is 0 Å². The largest absolute Gasteiger partial charge is 0.507 e. The lowest BCUT2D eigenvalue weighted by Gasteiger charge is -2.18. The van der Waals surface area contributed by atoms with Crippen molar-refractivity contribution in [2.75, 3.05) is 37.1 Å². The lowest BCUT2D eigenvalue weighted by molar-refractivity contribution is 0.480. The Morgan fingerprint density at radius 2 is 1.58 bits per heavy atom. The second-order valence-electron chi connectivity index (χ2n) is 5.68. The second kappa shape index (κ2) is 6.28. The average molecular weight is 322 g/mol. The molecule has 0 spiro atoms. The topological polar surface area (TPSA) is 69.2 Å². The van der Waals surface area contributed by atoms with Crippen LogP contribution in [-0.2, 0) is 0 Å². The van der Waals surface area contributed by atoms with Gasteiger partial charge >= 0.3 is 0 Å². The Kier molecular flexibility index (Phi) is 4.16. The summed E-state index contributed by atoms with van der Waals surface area (Å²) in [5.74, 6) is 0.253.